The second-order valence-electron chi connectivity index (χ2n) is 5.51. The Hall–Kier alpha value is -1.42. The van der Waals surface area contributed by atoms with E-state index < -0.39 is 0 Å². The number of nitrogens with one attached hydrogen (secondary N) is 1. The first-order valence-corrected chi connectivity index (χ1v) is 7.01. The number of hydrogen-bond donors (Lipinski definition) is 1. The van der Waals surface area contributed by atoms with Crippen LogP contribution in [0.5, 0.6) is 0 Å². The first-order chi connectivity index (χ1) is 9.24. The Morgan fingerprint density at radius 2 is 2.32 bits per heavy atom. The summed E-state index contributed by atoms with van der Waals surface area (Å²) in [5, 5.41) is 3.35. The van der Waals surface area contributed by atoms with Crippen molar-refractivity contribution >= 4 is 5.82 Å². The van der Waals surface area contributed by atoms with Crippen molar-refractivity contribution in [2.45, 2.75) is 38.8 Å². The molecular weight excluding hydrogens is 241 g/mol. The molecule has 1 N–H and O–H groups in total. The maximum absolute atomic E-state index is 14.5. The lowest BCUT2D eigenvalue weighted by Gasteiger charge is -2.27. The molecule has 0 saturated heterocycles. The highest BCUT2D eigenvalue weighted by molar-refractivity contribution is 5.45. The first kappa shape index (κ1) is 12.6. The van der Waals surface area contributed by atoms with Gasteiger partial charge in [0, 0.05) is 37.4 Å². The van der Waals surface area contributed by atoms with E-state index in [0.717, 1.165) is 25.1 Å². The lowest BCUT2D eigenvalue weighted by molar-refractivity contribution is 0.574. The number of anilines is 1. The van der Waals surface area contributed by atoms with Crippen LogP contribution in [0.15, 0.2) is 23.9 Å². The van der Waals surface area contributed by atoms with Crippen LogP contribution < -0.4 is 10.2 Å². The van der Waals surface area contributed by atoms with Gasteiger partial charge in [-0.05, 0) is 32.3 Å². The van der Waals surface area contributed by atoms with Crippen LogP contribution >= 0.6 is 0 Å². The van der Waals surface area contributed by atoms with E-state index in [1.165, 1.54) is 18.4 Å². The Morgan fingerprint density at radius 1 is 1.47 bits per heavy atom. The lowest BCUT2D eigenvalue weighted by Crippen LogP contribution is -2.30. The van der Waals surface area contributed by atoms with E-state index >= 15 is 0 Å². The van der Waals surface area contributed by atoms with E-state index in [4.69, 9.17) is 0 Å². The Balaban J connectivity index is 1.75. The van der Waals surface area contributed by atoms with Crippen molar-refractivity contribution in [3.05, 3.63) is 35.3 Å². The van der Waals surface area contributed by atoms with Gasteiger partial charge >= 0.3 is 0 Å². The molecule has 1 aliphatic heterocycles. The standard InChI is InChI=1S/C15H20FN3/c1-11-5-8-19(9-6-11)15-14(16)12(4-7-17-15)10-18-13-2-3-13/h4-5,7,13,18H,2-3,6,8-10H2,1H3. The van der Waals surface area contributed by atoms with Crippen molar-refractivity contribution < 1.29 is 4.39 Å². The Morgan fingerprint density at radius 3 is 3.00 bits per heavy atom. The molecule has 4 heteroatoms. The average Bonchev–Trinajstić information content (AvgIpc) is 3.23. The van der Waals surface area contributed by atoms with Gasteiger partial charge in [0.15, 0.2) is 11.6 Å². The zero-order valence-corrected chi connectivity index (χ0v) is 11.3. The van der Waals surface area contributed by atoms with Crippen LogP contribution in [-0.4, -0.2) is 24.1 Å². The Bertz CT molecular complexity index is 494. The van der Waals surface area contributed by atoms with Gasteiger partial charge in [0.25, 0.3) is 0 Å². The van der Waals surface area contributed by atoms with Crippen molar-refractivity contribution in [1.82, 2.24) is 10.3 Å². The molecule has 3 rings (SSSR count). The fourth-order valence-electron chi connectivity index (χ4n) is 2.33. The molecule has 1 aromatic rings. The molecule has 0 aromatic carbocycles. The van der Waals surface area contributed by atoms with Crippen LogP contribution in [0, 0.1) is 5.82 Å². The normalized spacial score (nSPS) is 19.5. The van der Waals surface area contributed by atoms with Gasteiger partial charge in [-0.15, -0.1) is 0 Å². The van der Waals surface area contributed by atoms with Gasteiger partial charge in [-0.2, -0.15) is 0 Å². The Kier molecular flexibility index (Phi) is 3.51. The second kappa shape index (κ2) is 5.29. The molecule has 1 fully saturated rings. The zero-order chi connectivity index (χ0) is 13.2. The van der Waals surface area contributed by atoms with Crippen LogP contribution in [0.3, 0.4) is 0 Å². The van der Waals surface area contributed by atoms with Crippen LogP contribution in [0.2, 0.25) is 0 Å². The molecule has 102 valence electrons. The molecule has 0 amide bonds. The van der Waals surface area contributed by atoms with Gasteiger partial charge in [-0.25, -0.2) is 9.37 Å². The average molecular weight is 261 g/mol. The summed E-state index contributed by atoms with van der Waals surface area (Å²) in [7, 11) is 0. The van der Waals surface area contributed by atoms with Crippen molar-refractivity contribution in [3.63, 3.8) is 0 Å². The summed E-state index contributed by atoms with van der Waals surface area (Å²) >= 11 is 0. The molecule has 19 heavy (non-hydrogen) atoms. The molecule has 1 aliphatic carbocycles. The number of halogens is 1. The minimum Gasteiger partial charge on any atom is -0.350 e. The van der Waals surface area contributed by atoms with Gasteiger partial charge < -0.3 is 10.2 Å². The van der Waals surface area contributed by atoms with Crippen LogP contribution in [0.25, 0.3) is 0 Å². The monoisotopic (exact) mass is 261 g/mol. The third kappa shape index (κ3) is 2.95. The molecule has 0 atom stereocenters. The van der Waals surface area contributed by atoms with Crippen LogP contribution in [0.1, 0.15) is 31.7 Å². The van der Waals surface area contributed by atoms with Gasteiger partial charge in [0.2, 0.25) is 0 Å². The minimum atomic E-state index is -0.163. The van der Waals surface area contributed by atoms with Crippen LogP contribution in [0.4, 0.5) is 10.2 Å². The highest BCUT2D eigenvalue weighted by Gasteiger charge is 2.22. The van der Waals surface area contributed by atoms with E-state index in [-0.39, 0.29) is 5.82 Å². The summed E-state index contributed by atoms with van der Waals surface area (Å²) in [6.45, 7) is 4.34. The molecule has 3 nitrogen and oxygen atoms in total. The number of hydrogen-bond acceptors (Lipinski definition) is 3. The molecule has 1 aromatic heterocycles. The van der Waals surface area contributed by atoms with Gasteiger partial charge in [0.05, 0.1) is 0 Å². The molecule has 0 spiro atoms. The highest BCUT2D eigenvalue weighted by atomic mass is 19.1. The number of rotatable bonds is 4. The lowest BCUT2D eigenvalue weighted by atomic mass is 10.1. The molecule has 0 radical (unpaired) electrons. The predicted molar refractivity (Wildman–Crippen MR) is 74.6 cm³/mol. The van der Waals surface area contributed by atoms with Gasteiger partial charge in [-0.1, -0.05) is 11.6 Å². The third-order valence-electron chi connectivity index (χ3n) is 3.85. The van der Waals surface area contributed by atoms with E-state index in [1.807, 2.05) is 4.90 Å². The molecule has 2 aliphatic rings. The van der Waals surface area contributed by atoms with Gasteiger partial charge in [-0.3, -0.25) is 0 Å². The maximum Gasteiger partial charge on any atom is 0.170 e. The summed E-state index contributed by atoms with van der Waals surface area (Å²) < 4.78 is 14.5. The van der Waals surface area contributed by atoms with E-state index in [9.17, 15) is 4.39 Å². The van der Waals surface area contributed by atoms with E-state index in [0.29, 0.717) is 18.4 Å². The Labute approximate surface area is 113 Å². The van der Waals surface area contributed by atoms with Crippen LogP contribution in [-0.2, 0) is 6.54 Å². The zero-order valence-electron chi connectivity index (χ0n) is 11.3. The van der Waals surface area contributed by atoms with E-state index in [2.05, 4.69) is 23.3 Å². The van der Waals surface area contributed by atoms with Crippen molar-refractivity contribution in [2.24, 2.45) is 0 Å². The quantitative estimate of drug-likeness (QED) is 0.845. The summed E-state index contributed by atoms with van der Waals surface area (Å²) in [5.74, 6) is 0.336. The number of pyridine rings is 1. The topological polar surface area (TPSA) is 28.2 Å². The number of nitrogens with zero attached hydrogens (tertiary/aromatic N) is 2. The fraction of sp³-hybridized carbons (Fsp3) is 0.533. The van der Waals surface area contributed by atoms with Crippen molar-refractivity contribution in [3.8, 4) is 0 Å². The molecular formula is C15H20FN3. The van der Waals surface area contributed by atoms with Gasteiger partial charge in [0.1, 0.15) is 0 Å². The fourth-order valence-corrected chi connectivity index (χ4v) is 2.33. The summed E-state index contributed by atoms with van der Waals surface area (Å²) in [6, 6.07) is 2.37. The molecule has 0 unspecified atom stereocenters. The summed E-state index contributed by atoms with van der Waals surface area (Å²) in [5.41, 5.74) is 2.10. The summed E-state index contributed by atoms with van der Waals surface area (Å²) in [6.07, 6.45) is 7.30. The number of aromatic nitrogens is 1. The smallest absolute Gasteiger partial charge is 0.170 e. The molecule has 1 saturated carbocycles. The second-order valence-corrected chi connectivity index (χ2v) is 5.51. The largest absolute Gasteiger partial charge is 0.350 e. The third-order valence-corrected chi connectivity index (χ3v) is 3.85. The predicted octanol–water partition coefficient (Wildman–Crippen LogP) is 2.63. The SMILES string of the molecule is CC1=CCN(c2nccc(CNC3CC3)c2F)CC1. The van der Waals surface area contributed by atoms with Crippen molar-refractivity contribution in [2.75, 3.05) is 18.0 Å². The van der Waals surface area contributed by atoms with E-state index in [1.54, 1.807) is 12.3 Å². The summed E-state index contributed by atoms with van der Waals surface area (Å²) in [4.78, 5) is 6.24. The maximum atomic E-state index is 14.5. The first-order valence-electron chi connectivity index (χ1n) is 7.01. The molecule has 2 heterocycles. The van der Waals surface area contributed by atoms with Crippen molar-refractivity contribution in [1.29, 1.82) is 0 Å². The minimum absolute atomic E-state index is 0.163. The highest BCUT2D eigenvalue weighted by Crippen LogP contribution is 2.24. The molecule has 0 bridgehead atoms.